The van der Waals surface area contributed by atoms with Gasteiger partial charge in [-0.25, -0.2) is 4.98 Å². The highest BCUT2D eigenvalue weighted by Gasteiger charge is 2.13. The molecule has 0 aliphatic carbocycles. The van der Waals surface area contributed by atoms with Crippen molar-refractivity contribution in [1.29, 1.82) is 0 Å². The molecule has 0 bridgehead atoms. The Morgan fingerprint density at radius 2 is 1.75 bits per heavy atom. The summed E-state index contributed by atoms with van der Waals surface area (Å²) in [5.41, 5.74) is 2.76. The number of carbonyl (C=O) groups excluding carboxylic acids is 1. The molecule has 3 aromatic rings. The number of benzene rings is 2. The Morgan fingerprint density at radius 1 is 1.07 bits per heavy atom. The van der Waals surface area contributed by atoms with Crippen LogP contribution in [0.5, 0.6) is 5.75 Å². The fourth-order valence-electron chi connectivity index (χ4n) is 2.79. The van der Waals surface area contributed by atoms with E-state index in [4.69, 9.17) is 4.74 Å². The summed E-state index contributed by atoms with van der Waals surface area (Å²) < 4.78 is 7.46. The second kappa shape index (κ2) is 8.69. The highest BCUT2D eigenvalue weighted by Crippen LogP contribution is 2.17. The quantitative estimate of drug-likeness (QED) is 0.589. The molecule has 146 valence electrons. The molecule has 1 aromatic heterocycles. The van der Waals surface area contributed by atoms with Gasteiger partial charge in [0.2, 0.25) is 0 Å². The molecule has 0 aliphatic rings. The molecule has 3 rings (SSSR count). The predicted molar refractivity (Wildman–Crippen MR) is 109 cm³/mol. The van der Waals surface area contributed by atoms with Gasteiger partial charge in [-0.15, -0.1) is 0 Å². The molecule has 2 aromatic carbocycles. The summed E-state index contributed by atoms with van der Waals surface area (Å²) in [5.74, 6) is 2.36. The van der Waals surface area contributed by atoms with Crippen LogP contribution >= 0.6 is 0 Å². The van der Waals surface area contributed by atoms with Crippen LogP contribution in [0.3, 0.4) is 0 Å². The summed E-state index contributed by atoms with van der Waals surface area (Å²) >= 11 is 0. The van der Waals surface area contributed by atoms with E-state index in [-0.39, 0.29) is 5.91 Å². The molecule has 0 saturated carbocycles. The Bertz CT molecular complexity index is 911. The third-order valence-corrected chi connectivity index (χ3v) is 4.65. The van der Waals surface area contributed by atoms with E-state index >= 15 is 0 Å². The van der Waals surface area contributed by atoms with Gasteiger partial charge in [0.1, 0.15) is 11.6 Å². The van der Waals surface area contributed by atoms with Crippen LogP contribution in [0, 0.1) is 13.8 Å². The van der Waals surface area contributed by atoms with E-state index in [1.807, 2.05) is 76.5 Å². The fraction of sp³-hybridized carbons (Fsp3) is 0.318. The molecule has 1 heterocycles. The smallest absolute Gasteiger partial charge is 0.253 e. The minimum Gasteiger partial charge on any atom is -0.494 e. The van der Waals surface area contributed by atoms with E-state index < -0.39 is 0 Å². The Balaban J connectivity index is 1.50. The van der Waals surface area contributed by atoms with Crippen molar-refractivity contribution in [3.8, 4) is 17.1 Å². The average Bonchev–Trinajstić information content (AvgIpc) is 3.04. The summed E-state index contributed by atoms with van der Waals surface area (Å²) in [4.78, 5) is 18.7. The van der Waals surface area contributed by atoms with Crippen molar-refractivity contribution in [2.24, 2.45) is 7.05 Å². The molecule has 0 saturated heterocycles. The summed E-state index contributed by atoms with van der Waals surface area (Å²) in [6.07, 6.45) is 0.769. The van der Waals surface area contributed by atoms with Gasteiger partial charge in [0.15, 0.2) is 5.82 Å². The second-order valence-electron chi connectivity index (χ2n) is 6.93. The maximum Gasteiger partial charge on any atom is 0.253 e. The molecule has 28 heavy (non-hydrogen) atoms. The minimum absolute atomic E-state index is 0.00736. The number of aromatic nitrogens is 3. The number of aryl methyl sites for hydroxylation is 3. The maximum absolute atomic E-state index is 12.6. The third-order valence-electron chi connectivity index (χ3n) is 4.65. The molecule has 0 radical (unpaired) electrons. The van der Waals surface area contributed by atoms with E-state index in [1.54, 1.807) is 9.58 Å². The van der Waals surface area contributed by atoms with Gasteiger partial charge in [-0.3, -0.25) is 9.48 Å². The molecule has 1 amide bonds. The van der Waals surface area contributed by atoms with Gasteiger partial charge in [-0.05, 0) is 44.5 Å². The van der Waals surface area contributed by atoms with Crippen molar-refractivity contribution in [3.63, 3.8) is 0 Å². The zero-order valence-corrected chi connectivity index (χ0v) is 16.8. The molecule has 0 aliphatic heterocycles. The van der Waals surface area contributed by atoms with E-state index in [0.717, 1.165) is 23.6 Å². The van der Waals surface area contributed by atoms with Crippen LogP contribution in [0.4, 0.5) is 0 Å². The monoisotopic (exact) mass is 378 g/mol. The lowest BCUT2D eigenvalue weighted by Gasteiger charge is -2.17. The fourth-order valence-corrected chi connectivity index (χ4v) is 2.79. The molecule has 6 nitrogen and oxygen atoms in total. The van der Waals surface area contributed by atoms with E-state index in [2.05, 4.69) is 10.1 Å². The normalized spacial score (nSPS) is 10.7. The number of nitrogens with zero attached hydrogens (tertiary/aromatic N) is 4. The molecular weight excluding hydrogens is 352 g/mol. The van der Waals surface area contributed by atoms with Gasteiger partial charge in [0, 0.05) is 31.8 Å². The SMILES string of the molecule is Cc1ccc(OCCCN(C)C(=O)c2ccc(-c3nc(C)n(C)n3)cc2)cc1. The zero-order chi connectivity index (χ0) is 20.1. The molecule has 0 N–H and O–H groups in total. The molecule has 0 spiro atoms. The largest absolute Gasteiger partial charge is 0.494 e. The van der Waals surface area contributed by atoms with Gasteiger partial charge < -0.3 is 9.64 Å². The van der Waals surface area contributed by atoms with E-state index in [9.17, 15) is 4.79 Å². The van der Waals surface area contributed by atoms with Gasteiger partial charge in [-0.2, -0.15) is 5.10 Å². The van der Waals surface area contributed by atoms with Crippen molar-refractivity contribution in [2.75, 3.05) is 20.2 Å². The van der Waals surface area contributed by atoms with Crippen molar-refractivity contribution in [1.82, 2.24) is 19.7 Å². The first-order chi connectivity index (χ1) is 13.4. The lowest BCUT2D eigenvalue weighted by molar-refractivity contribution is 0.0788. The van der Waals surface area contributed by atoms with Crippen molar-refractivity contribution in [2.45, 2.75) is 20.3 Å². The van der Waals surface area contributed by atoms with Crippen LogP contribution in [0.15, 0.2) is 48.5 Å². The standard InChI is InChI=1S/C22H26N4O2/c1-16-6-12-20(13-7-16)28-15-5-14-25(3)22(27)19-10-8-18(9-11-19)21-23-17(2)26(4)24-21/h6-13H,5,14-15H2,1-4H3. The Kier molecular flexibility index (Phi) is 6.09. The van der Waals surface area contributed by atoms with Crippen LogP contribution in [0.1, 0.15) is 28.2 Å². The lowest BCUT2D eigenvalue weighted by atomic mass is 10.1. The summed E-state index contributed by atoms with van der Waals surface area (Å²) in [6, 6.07) is 15.4. The van der Waals surface area contributed by atoms with Crippen LogP contribution in [0.25, 0.3) is 11.4 Å². The van der Waals surface area contributed by atoms with Gasteiger partial charge >= 0.3 is 0 Å². The number of carbonyl (C=O) groups is 1. The van der Waals surface area contributed by atoms with E-state index in [1.165, 1.54) is 5.56 Å². The topological polar surface area (TPSA) is 60.2 Å². The molecule has 0 fully saturated rings. The highest BCUT2D eigenvalue weighted by molar-refractivity contribution is 5.94. The zero-order valence-electron chi connectivity index (χ0n) is 16.8. The average molecular weight is 378 g/mol. The molecule has 6 heteroatoms. The number of hydrogen-bond acceptors (Lipinski definition) is 4. The Morgan fingerprint density at radius 3 is 2.36 bits per heavy atom. The van der Waals surface area contributed by atoms with Crippen molar-refractivity contribution < 1.29 is 9.53 Å². The van der Waals surface area contributed by atoms with Gasteiger partial charge in [0.05, 0.1) is 6.61 Å². The number of amides is 1. The van der Waals surface area contributed by atoms with Crippen LogP contribution in [-0.4, -0.2) is 45.8 Å². The van der Waals surface area contributed by atoms with Crippen molar-refractivity contribution in [3.05, 3.63) is 65.5 Å². The highest BCUT2D eigenvalue weighted by atomic mass is 16.5. The summed E-state index contributed by atoms with van der Waals surface area (Å²) in [7, 11) is 3.67. The Labute approximate surface area is 165 Å². The molecule has 0 atom stereocenters. The van der Waals surface area contributed by atoms with Crippen LogP contribution in [0.2, 0.25) is 0 Å². The molecule has 0 unspecified atom stereocenters. The summed E-state index contributed by atoms with van der Waals surface area (Å²) in [6.45, 7) is 5.16. The number of ether oxygens (including phenoxy) is 1. The van der Waals surface area contributed by atoms with Crippen LogP contribution < -0.4 is 4.74 Å². The summed E-state index contributed by atoms with van der Waals surface area (Å²) in [5, 5.41) is 4.37. The van der Waals surface area contributed by atoms with Crippen molar-refractivity contribution >= 4 is 5.91 Å². The third kappa shape index (κ3) is 4.76. The predicted octanol–water partition coefficient (Wildman–Crippen LogP) is 3.64. The first-order valence-corrected chi connectivity index (χ1v) is 9.37. The number of rotatable bonds is 7. The number of hydrogen-bond donors (Lipinski definition) is 0. The van der Waals surface area contributed by atoms with Gasteiger partial charge in [0.25, 0.3) is 5.91 Å². The first kappa shape index (κ1) is 19.6. The van der Waals surface area contributed by atoms with E-state index in [0.29, 0.717) is 24.5 Å². The minimum atomic E-state index is -0.00736. The molecular formula is C22H26N4O2. The second-order valence-corrected chi connectivity index (χ2v) is 6.93. The Hall–Kier alpha value is -3.15. The lowest BCUT2D eigenvalue weighted by Crippen LogP contribution is -2.28. The first-order valence-electron chi connectivity index (χ1n) is 9.37. The maximum atomic E-state index is 12.6. The van der Waals surface area contributed by atoms with Gasteiger partial charge in [-0.1, -0.05) is 29.8 Å². The van der Waals surface area contributed by atoms with Crippen LogP contribution in [-0.2, 0) is 7.05 Å².